The molecular weight excluding hydrogens is 240 g/mol. The standard InChI is InChI=1S/C16H20OS/c1-3-4-10-17-16-7-5-14(6-8-16)13(2)15-9-11-18-12-15/h5-9,11-13H,3-4,10H2,1-2H3. The van der Waals surface area contributed by atoms with E-state index in [4.69, 9.17) is 4.74 Å². The molecule has 0 spiro atoms. The zero-order valence-electron chi connectivity index (χ0n) is 11.1. The normalized spacial score (nSPS) is 12.3. The molecule has 96 valence electrons. The van der Waals surface area contributed by atoms with Crippen LogP contribution in [-0.4, -0.2) is 6.61 Å². The zero-order valence-corrected chi connectivity index (χ0v) is 11.9. The summed E-state index contributed by atoms with van der Waals surface area (Å²) >= 11 is 1.75. The predicted octanol–water partition coefficient (Wildman–Crippen LogP) is 5.08. The molecular formula is C16H20OS. The van der Waals surface area contributed by atoms with Gasteiger partial charge in [-0.25, -0.2) is 0 Å². The van der Waals surface area contributed by atoms with Gasteiger partial charge in [0.05, 0.1) is 6.61 Å². The summed E-state index contributed by atoms with van der Waals surface area (Å²) in [5.41, 5.74) is 2.73. The van der Waals surface area contributed by atoms with Gasteiger partial charge in [-0.2, -0.15) is 11.3 Å². The van der Waals surface area contributed by atoms with Crippen molar-refractivity contribution in [2.75, 3.05) is 6.61 Å². The zero-order chi connectivity index (χ0) is 12.8. The quantitative estimate of drug-likeness (QED) is 0.658. The summed E-state index contributed by atoms with van der Waals surface area (Å²) in [6.07, 6.45) is 2.29. The van der Waals surface area contributed by atoms with Gasteiger partial charge in [0.2, 0.25) is 0 Å². The molecule has 0 bridgehead atoms. The topological polar surface area (TPSA) is 9.23 Å². The predicted molar refractivity (Wildman–Crippen MR) is 78.7 cm³/mol. The fourth-order valence-corrected chi connectivity index (χ4v) is 2.66. The van der Waals surface area contributed by atoms with Crippen LogP contribution in [-0.2, 0) is 0 Å². The Hall–Kier alpha value is -1.28. The molecule has 1 unspecified atom stereocenters. The van der Waals surface area contributed by atoms with Crippen molar-refractivity contribution in [3.8, 4) is 5.75 Å². The second-order valence-electron chi connectivity index (χ2n) is 4.55. The third kappa shape index (κ3) is 3.36. The molecule has 1 aromatic heterocycles. The Morgan fingerprint density at radius 3 is 2.50 bits per heavy atom. The summed E-state index contributed by atoms with van der Waals surface area (Å²) in [5.74, 6) is 1.44. The van der Waals surface area contributed by atoms with E-state index in [1.807, 2.05) is 0 Å². The number of ether oxygens (including phenoxy) is 1. The minimum atomic E-state index is 0.459. The summed E-state index contributed by atoms with van der Waals surface area (Å²) < 4.78 is 5.67. The van der Waals surface area contributed by atoms with Crippen molar-refractivity contribution in [1.82, 2.24) is 0 Å². The SMILES string of the molecule is CCCCOc1ccc(C(C)c2ccsc2)cc1. The first kappa shape index (κ1) is 13.2. The molecule has 2 aromatic rings. The van der Waals surface area contributed by atoms with E-state index in [1.54, 1.807) is 11.3 Å². The molecule has 0 aliphatic carbocycles. The number of unbranched alkanes of at least 4 members (excludes halogenated alkanes) is 1. The Kier molecular flexibility index (Phi) is 4.82. The van der Waals surface area contributed by atoms with Gasteiger partial charge in [-0.1, -0.05) is 32.4 Å². The van der Waals surface area contributed by atoms with Crippen molar-refractivity contribution in [3.63, 3.8) is 0 Å². The van der Waals surface area contributed by atoms with Crippen LogP contribution in [0.5, 0.6) is 5.75 Å². The van der Waals surface area contributed by atoms with Crippen LogP contribution in [0.1, 0.15) is 43.7 Å². The van der Waals surface area contributed by atoms with E-state index in [0.29, 0.717) is 5.92 Å². The van der Waals surface area contributed by atoms with Crippen LogP contribution in [0.3, 0.4) is 0 Å². The molecule has 0 N–H and O–H groups in total. The fourth-order valence-electron chi connectivity index (χ4n) is 1.90. The van der Waals surface area contributed by atoms with E-state index in [1.165, 1.54) is 17.5 Å². The van der Waals surface area contributed by atoms with Gasteiger partial charge in [0.1, 0.15) is 5.75 Å². The van der Waals surface area contributed by atoms with E-state index >= 15 is 0 Å². The molecule has 1 heterocycles. The first-order valence-electron chi connectivity index (χ1n) is 6.56. The smallest absolute Gasteiger partial charge is 0.119 e. The van der Waals surface area contributed by atoms with Crippen LogP contribution in [0.15, 0.2) is 41.1 Å². The Labute approximate surface area is 113 Å². The van der Waals surface area contributed by atoms with Crippen molar-refractivity contribution in [1.29, 1.82) is 0 Å². The number of benzene rings is 1. The van der Waals surface area contributed by atoms with Crippen LogP contribution < -0.4 is 4.74 Å². The third-order valence-electron chi connectivity index (χ3n) is 3.19. The number of thiophene rings is 1. The minimum Gasteiger partial charge on any atom is -0.494 e. The van der Waals surface area contributed by atoms with Crippen molar-refractivity contribution in [2.24, 2.45) is 0 Å². The number of hydrogen-bond acceptors (Lipinski definition) is 2. The Morgan fingerprint density at radius 2 is 1.89 bits per heavy atom. The van der Waals surface area contributed by atoms with Gasteiger partial charge in [0, 0.05) is 5.92 Å². The lowest BCUT2D eigenvalue weighted by Crippen LogP contribution is -1.98. The highest BCUT2D eigenvalue weighted by atomic mass is 32.1. The summed E-state index contributed by atoms with van der Waals surface area (Å²) in [6, 6.07) is 10.7. The van der Waals surface area contributed by atoms with Crippen LogP contribution in [0.2, 0.25) is 0 Å². The molecule has 0 saturated heterocycles. The highest BCUT2D eigenvalue weighted by Gasteiger charge is 2.08. The molecule has 0 aliphatic rings. The molecule has 1 atom stereocenters. The molecule has 1 aromatic carbocycles. The third-order valence-corrected chi connectivity index (χ3v) is 3.89. The van der Waals surface area contributed by atoms with E-state index in [2.05, 4.69) is 54.9 Å². The Bertz CT molecular complexity index is 444. The first-order chi connectivity index (χ1) is 8.81. The molecule has 0 saturated carbocycles. The maximum absolute atomic E-state index is 5.67. The highest BCUT2D eigenvalue weighted by Crippen LogP contribution is 2.27. The van der Waals surface area contributed by atoms with Crippen molar-refractivity contribution in [3.05, 3.63) is 52.2 Å². The largest absolute Gasteiger partial charge is 0.494 e. The molecule has 2 heteroatoms. The van der Waals surface area contributed by atoms with Crippen molar-refractivity contribution in [2.45, 2.75) is 32.6 Å². The Morgan fingerprint density at radius 1 is 1.11 bits per heavy atom. The van der Waals surface area contributed by atoms with Crippen LogP contribution in [0, 0.1) is 0 Å². The molecule has 2 rings (SSSR count). The van der Waals surface area contributed by atoms with Crippen LogP contribution in [0.4, 0.5) is 0 Å². The van der Waals surface area contributed by atoms with E-state index in [9.17, 15) is 0 Å². The second-order valence-corrected chi connectivity index (χ2v) is 5.33. The second kappa shape index (κ2) is 6.60. The number of rotatable bonds is 6. The van der Waals surface area contributed by atoms with Gasteiger partial charge >= 0.3 is 0 Å². The summed E-state index contributed by atoms with van der Waals surface area (Å²) in [7, 11) is 0. The lowest BCUT2D eigenvalue weighted by Gasteiger charge is -2.11. The average Bonchev–Trinajstić information content (AvgIpc) is 2.93. The molecule has 18 heavy (non-hydrogen) atoms. The monoisotopic (exact) mass is 260 g/mol. The molecule has 0 radical (unpaired) electrons. The van der Waals surface area contributed by atoms with Gasteiger partial charge in [-0.05, 0) is 46.5 Å². The maximum Gasteiger partial charge on any atom is 0.119 e. The highest BCUT2D eigenvalue weighted by molar-refractivity contribution is 7.08. The molecule has 0 aliphatic heterocycles. The summed E-state index contributed by atoms with van der Waals surface area (Å²) in [6.45, 7) is 5.24. The minimum absolute atomic E-state index is 0.459. The van der Waals surface area contributed by atoms with E-state index in [0.717, 1.165) is 18.8 Å². The average molecular weight is 260 g/mol. The fraction of sp³-hybridized carbons (Fsp3) is 0.375. The van der Waals surface area contributed by atoms with Crippen LogP contribution in [0.25, 0.3) is 0 Å². The van der Waals surface area contributed by atoms with Crippen molar-refractivity contribution < 1.29 is 4.74 Å². The Balaban J connectivity index is 1.99. The lowest BCUT2D eigenvalue weighted by molar-refractivity contribution is 0.309. The van der Waals surface area contributed by atoms with Crippen molar-refractivity contribution >= 4 is 11.3 Å². The maximum atomic E-state index is 5.67. The first-order valence-corrected chi connectivity index (χ1v) is 7.50. The van der Waals surface area contributed by atoms with E-state index < -0.39 is 0 Å². The van der Waals surface area contributed by atoms with Gasteiger partial charge in [0.15, 0.2) is 0 Å². The van der Waals surface area contributed by atoms with Gasteiger partial charge in [-0.3, -0.25) is 0 Å². The number of hydrogen-bond donors (Lipinski definition) is 0. The van der Waals surface area contributed by atoms with E-state index in [-0.39, 0.29) is 0 Å². The van der Waals surface area contributed by atoms with Gasteiger partial charge in [0.25, 0.3) is 0 Å². The molecule has 1 nitrogen and oxygen atoms in total. The molecule has 0 fully saturated rings. The molecule has 0 amide bonds. The lowest BCUT2D eigenvalue weighted by atomic mass is 9.95. The van der Waals surface area contributed by atoms with Crippen LogP contribution >= 0.6 is 11.3 Å². The summed E-state index contributed by atoms with van der Waals surface area (Å²) in [5, 5.41) is 4.35. The summed E-state index contributed by atoms with van der Waals surface area (Å²) in [4.78, 5) is 0. The van der Waals surface area contributed by atoms with Gasteiger partial charge in [-0.15, -0.1) is 0 Å². The van der Waals surface area contributed by atoms with Gasteiger partial charge < -0.3 is 4.74 Å².